The Morgan fingerprint density at radius 1 is 1.20 bits per heavy atom. The molecule has 0 unspecified atom stereocenters. The van der Waals surface area contributed by atoms with Crippen LogP contribution in [0.2, 0.25) is 0 Å². The van der Waals surface area contributed by atoms with E-state index in [1.165, 1.54) is 12.8 Å². The Balaban J connectivity index is 2.42. The van der Waals surface area contributed by atoms with Gasteiger partial charge in [0, 0.05) is 0 Å². The Morgan fingerprint density at radius 3 is 2.35 bits per heavy atom. The van der Waals surface area contributed by atoms with E-state index >= 15 is 0 Å². The number of hydrogen-bond acceptors (Lipinski definition) is 3. The summed E-state index contributed by atoms with van der Waals surface area (Å²) in [6.45, 7) is 10.1. The molecule has 0 spiro atoms. The predicted molar refractivity (Wildman–Crippen MR) is 81.7 cm³/mol. The topological polar surface area (TPSA) is 29.5 Å². The van der Waals surface area contributed by atoms with E-state index in [1.807, 2.05) is 33.8 Å². The molecule has 0 saturated carbocycles. The lowest BCUT2D eigenvalue weighted by Crippen LogP contribution is -2.48. The number of benzene rings is 1. The fourth-order valence-corrected chi connectivity index (χ4v) is 3.11. The van der Waals surface area contributed by atoms with Gasteiger partial charge in [-0.1, -0.05) is 6.07 Å². The van der Waals surface area contributed by atoms with E-state index < -0.39 is 5.54 Å². The second kappa shape index (κ2) is 5.57. The SMILES string of the molecule is COc1cc(C)cc(C)c1C(=O)C(C)(C)N1CCCC1. The molecule has 0 bridgehead atoms. The van der Waals surface area contributed by atoms with Crippen LogP contribution >= 0.6 is 0 Å². The minimum absolute atomic E-state index is 0.161. The van der Waals surface area contributed by atoms with Gasteiger partial charge in [0.25, 0.3) is 0 Å². The first-order valence-corrected chi connectivity index (χ1v) is 7.33. The maximum absolute atomic E-state index is 13.0. The highest BCUT2D eigenvalue weighted by molar-refractivity contribution is 6.06. The number of ether oxygens (including phenoxy) is 1. The summed E-state index contributed by atoms with van der Waals surface area (Å²) < 4.78 is 5.45. The third kappa shape index (κ3) is 2.59. The van der Waals surface area contributed by atoms with Crippen LogP contribution < -0.4 is 4.74 Å². The lowest BCUT2D eigenvalue weighted by molar-refractivity contribution is 0.0698. The first-order chi connectivity index (χ1) is 9.37. The van der Waals surface area contributed by atoms with E-state index in [0.717, 1.165) is 29.8 Å². The van der Waals surface area contributed by atoms with Crippen LogP contribution in [-0.2, 0) is 0 Å². The minimum Gasteiger partial charge on any atom is -0.496 e. The van der Waals surface area contributed by atoms with Crippen molar-refractivity contribution >= 4 is 5.78 Å². The zero-order valence-electron chi connectivity index (χ0n) is 13.2. The fourth-order valence-electron chi connectivity index (χ4n) is 3.11. The van der Waals surface area contributed by atoms with Crippen molar-refractivity contribution in [1.29, 1.82) is 0 Å². The van der Waals surface area contributed by atoms with Gasteiger partial charge in [-0.25, -0.2) is 0 Å². The van der Waals surface area contributed by atoms with Crippen molar-refractivity contribution in [3.63, 3.8) is 0 Å². The molecule has 1 aromatic carbocycles. The summed E-state index contributed by atoms with van der Waals surface area (Å²) in [6, 6.07) is 4.00. The molecule has 1 fully saturated rings. The van der Waals surface area contributed by atoms with Crippen molar-refractivity contribution in [3.8, 4) is 5.75 Å². The van der Waals surface area contributed by atoms with Crippen LogP contribution in [0.25, 0.3) is 0 Å². The number of likely N-dealkylation sites (tertiary alicyclic amines) is 1. The van der Waals surface area contributed by atoms with E-state index in [4.69, 9.17) is 4.74 Å². The molecule has 1 heterocycles. The van der Waals surface area contributed by atoms with Gasteiger partial charge in [0.15, 0.2) is 5.78 Å². The fraction of sp³-hybridized carbons (Fsp3) is 0.588. The molecule has 2 rings (SSSR count). The molecule has 1 saturated heterocycles. The average Bonchev–Trinajstić information content (AvgIpc) is 2.91. The van der Waals surface area contributed by atoms with Crippen molar-refractivity contribution in [2.24, 2.45) is 0 Å². The zero-order valence-corrected chi connectivity index (χ0v) is 13.2. The smallest absolute Gasteiger partial charge is 0.186 e. The molecular weight excluding hydrogens is 250 g/mol. The number of carbonyl (C=O) groups is 1. The first-order valence-electron chi connectivity index (χ1n) is 7.33. The van der Waals surface area contributed by atoms with Gasteiger partial charge in [0.05, 0.1) is 18.2 Å². The minimum atomic E-state index is -0.468. The Hall–Kier alpha value is -1.35. The number of Topliss-reactive ketones (excluding diaryl/α,β-unsaturated/α-hetero) is 1. The Bertz CT molecular complexity index is 514. The molecule has 3 heteroatoms. The summed E-state index contributed by atoms with van der Waals surface area (Å²) >= 11 is 0. The van der Waals surface area contributed by atoms with Gasteiger partial charge in [-0.2, -0.15) is 0 Å². The van der Waals surface area contributed by atoms with Crippen LogP contribution in [-0.4, -0.2) is 36.4 Å². The Labute approximate surface area is 121 Å². The molecule has 0 aromatic heterocycles. The van der Waals surface area contributed by atoms with E-state index in [1.54, 1.807) is 7.11 Å². The van der Waals surface area contributed by atoms with Crippen LogP contribution in [0.15, 0.2) is 12.1 Å². The molecule has 0 radical (unpaired) electrons. The monoisotopic (exact) mass is 275 g/mol. The number of methoxy groups -OCH3 is 1. The van der Waals surface area contributed by atoms with Crippen LogP contribution in [0, 0.1) is 13.8 Å². The standard InChI is InChI=1S/C17H25NO2/c1-12-10-13(2)15(14(11-12)20-5)16(19)17(3,4)18-8-6-7-9-18/h10-11H,6-9H2,1-5H3. The number of hydrogen-bond donors (Lipinski definition) is 0. The molecule has 0 N–H and O–H groups in total. The molecule has 20 heavy (non-hydrogen) atoms. The summed E-state index contributed by atoms with van der Waals surface area (Å²) in [4.78, 5) is 15.3. The summed E-state index contributed by atoms with van der Waals surface area (Å²) in [7, 11) is 1.63. The lowest BCUT2D eigenvalue weighted by Gasteiger charge is -2.34. The summed E-state index contributed by atoms with van der Waals surface area (Å²) in [5, 5.41) is 0. The molecule has 1 aromatic rings. The molecule has 0 atom stereocenters. The second-order valence-corrected chi connectivity index (χ2v) is 6.24. The third-order valence-corrected chi connectivity index (χ3v) is 4.34. The number of nitrogens with zero attached hydrogens (tertiary/aromatic N) is 1. The van der Waals surface area contributed by atoms with Crippen molar-refractivity contribution in [2.75, 3.05) is 20.2 Å². The van der Waals surface area contributed by atoms with Gasteiger partial charge in [-0.3, -0.25) is 9.69 Å². The second-order valence-electron chi connectivity index (χ2n) is 6.24. The van der Waals surface area contributed by atoms with E-state index in [-0.39, 0.29) is 5.78 Å². The van der Waals surface area contributed by atoms with Crippen LogP contribution in [0.1, 0.15) is 48.2 Å². The summed E-state index contributed by atoms with van der Waals surface area (Å²) in [6.07, 6.45) is 2.36. The van der Waals surface area contributed by atoms with E-state index in [2.05, 4.69) is 11.0 Å². The zero-order chi connectivity index (χ0) is 14.9. The van der Waals surface area contributed by atoms with E-state index in [9.17, 15) is 4.79 Å². The van der Waals surface area contributed by atoms with Crippen LogP contribution in [0.5, 0.6) is 5.75 Å². The normalized spacial score (nSPS) is 16.4. The van der Waals surface area contributed by atoms with Gasteiger partial charge in [-0.05, 0) is 70.8 Å². The van der Waals surface area contributed by atoms with Crippen molar-refractivity contribution < 1.29 is 9.53 Å². The molecule has 0 amide bonds. The maximum Gasteiger partial charge on any atom is 0.186 e. The molecule has 1 aliphatic heterocycles. The maximum atomic E-state index is 13.0. The number of aryl methyl sites for hydroxylation is 2. The number of ketones is 1. The third-order valence-electron chi connectivity index (χ3n) is 4.34. The highest BCUT2D eigenvalue weighted by Crippen LogP contribution is 2.31. The first kappa shape index (κ1) is 15.0. The predicted octanol–water partition coefficient (Wildman–Crippen LogP) is 3.37. The van der Waals surface area contributed by atoms with Gasteiger partial charge in [0.2, 0.25) is 0 Å². The quantitative estimate of drug-likeness (QED) is 0.789. The Kier molecular flexibility index (Phi) is 4.19. The van der Waals surface area contributed by atoms with Crippen LogP contribution in [0.4, 0.5) is 0 Å². The van der Waals surface area contributed by atoms with Crippen molar-refractivity contribution in [1.82, 2.24) is 4.90 Å². The molecule has 3 nitrogen and oxygen atoms in total. The summed E-state index contributed by atoms with van der Waals surface area (Å²) in [5.74, 6) is 0.855. The van der Waals surface area contributed by atoms with Crippen LogP contribution in [0.3, 0.4) is 0 Å². The highest BCUT2D eigenvalue weighted by atomic mass is 16.5. The molecular formula is C17H25NO2. The molecule has 110 valence electrons. The van der Waals surface area contributed by atoms with Crippen molar-refractivity contribution in [3.05, 3.63) is 28.8 Å². The van der Waals surface area contributed by atoms with Crippen molar-refractivity contribution in [2.45, 2.75) is 46.1 Å². The largest absolute Gasteiger partial charge is 0.496 e. The van der Waals surface area contributed by atoms with Gasteiger partial charge in [-0.15, -0.1) is 0 Å². The van der Waals surface area contributed by atoms with E-state index in [0.29, 0.717) is 5.75 Å². The van der Waals surface area contributed by atoms with Gasteiger partial charge < -0.3 is 4.74 Å². The lowest BCUT2D eigenvalue weighted by atomic mass is 9.88. The number of carbonyl (C=O) groups excluding carboxylic acids is 1. The molecule has 1 aliphatic rings. The Morgan fingerprint density at radius 2 is 1.80 bits per heavy atom. The highest BCUT2D eigenvalue weighted by Gasteiger charge is 2.38. The number of rotatable bonds is 4. The summed E-state index contributed by atoms with van der Waals surface area (Å²) in [5.41, 5.74) is 2.38. The molecule has 0 aliphatic carbocycles. The average molecular weight is 275 g/mol. The van der Waals surface area contributed by atoms with Gasteiger partial charge in [0.1, 0.15) is 5.75 Å². The van der Waals surface area contributed by atoms with Gasteiger partial charge >= 0.3 is 0 Å².